The number of hydrogen-bond donors (Lipinski definition) is 0. The summed E-state index contributed by atoms with van der Waals surface area (Å²) in [5.41, 5.74) is 1.37. The van der Waals surface area contributed by atoms with E-state index >= 15 is 0 Å². The summed E-state index contributed by atoms with van der Waals surface area (Å²) in [5, 5.41) is 0. The summed E-state index contributed by atoms with van der Waals surface area (Å²) in [6.45, 7) is 7.57. The van der Waals surface area contributed by atoms with E-state index in [9.17, 15) is 9.59 Å². The highest BCUT2D eigenvalue weighted by Gasteiger charge is 2.28. The van der Waals surface area contributed by atoms with Crippen LogP contribution in [0.25, 0.3) is 0 Å². The van der Waals surface area contributed by atoms with Crippen LogP contribution in [0.5, 0.6) is 5.75 Å². The smallest absolute Gasteiger partial charge is 0.259 e. The minimum absolute atomic E-state index is 0.0345. The summed E-state index contributed by atoms with van der Waals surface area (Å²) in [5.74, 6) is 0.740. The van der Waals surface area contributed by atoms with E-state index in [-0.39, 0.29) is 11.5 Å². The van der Waals surface area contributed by atoms with Gasteiger partial charge in [0.2, 0.25) is 0 Å². The molecule has 0 unspecified atom stereocenters. The van der Waals surface area contributed by atoms with Gasteiger partial charge in [0.25, 0.3) is 11.5 Å². The molecule has 6 heteroatoms. The monoisotopic (exact) mass is 348 g/mol. The van der Waals surface area contributed by atoms with E-state index in [1.165, 1.54) is 6.07 Å². The van der Waals surface area contributed by atoms with E-state index in [0.717, 1.165) is 31.4 Å². The molecule has 2 aliphatic rings. The molecule has 6 nitrogen and oxygen atoms in total. The second-order valence-electron chi connectivity index (χ2n) is 7.24. The maximum atomic E-state index is 13.2. The highest BCUT2D eigenvalue weighted by molar-refractivity contribution is 5.98. The average Bonchev–Trinajstić information content (AvgIpc) is 2.86. The third-order valence-corrected chi connectivity index (χ3v) is 4.76. The highest BCUT2D eigenvalue weighted by Crippen LogP contribution is 2.27. The van der Waals surface area contributed by atoms with Gasteiger partial charge < -0.3 is 18.9 Å². The molecule has 0 spiro atoms. The fraction of sp³-hybridized carbons (Fsp3) is 0.684. The Bertz CT molecular complexity index is 675. The van der Waals surface area contributed by atoms with Gasteiger partial charge in [0, 0.05) is 31.4 Å². The Hall–Kier alpha value is -1.82. The number of nitrogens with zero attached hydrogens (tertiary/aromatic N) is 2. The van der Waals surface area contributed by atoms with Gasteiger partial charge >= 0.3 is 0 Å². The quantitative estimate of drug-likeness (QED) is 0.836. The van der Waals surface area contributed by atoms with E-state index in [1.54, 1.807) is 4.57 Å². The van der Waals surface area contributed by atoms with Crippen molar-refractivity contribution >= 4 is 5.91 Å². The third-order valence-electron chi connectivity index (χ3n) is 4.76. The van der Waals surface area contributed by atoms with Gasteiger partial charge in [-0.1, -0.05) is 20.3 Å². The van der Waals surface area contributed by atoms with Crippen LogP contribution in [0.3, 0.4) is 0 Å². The van der Waals surface area contributed by atoms with Crippen molar-refractivity contribution in [3.8, 4) is 5.75 Å². The number of fused-ring (bicyclic) bond motifs is 1. The first-order chi connectivity index (χ1) is 12.1. The summed E-state index contributed by atoms with van der Waals surface area (Å²) >= 11 is 0. The molecule has 138 valence electrons. The number of rotatable bonds is 4. The van der Waals surface area contributed by atoms with Crippen LogP contribution < -0.4 is 10.3 Å². The largest absolute Gasteiger partial charge is 0.492 e. The lowest BCUT2D eigenvalue weighted by molar-refractivity contribution is 0.0298. The van der Waals surface area contributed by atoms with Crippen molar-refractivity contribution in [2.45, 2.75) is 46.1 Å². The van der Waals surface area contributed by atoms with Gasteiger partial charge in [-0.25, -0.2) is 0 Å². The van der Waals surface area contributed by atoms with E-state index in [2.05, 4.69) is 13.8 Å². The Balaban J connectivity index is 2.04. The molecule has 0 aromatic carbocycles. The van der Waals surface area contributed by atoms with E-state index in [1.807, 2.05) is 4.90 Å². The Morgan fingerprint density at radius 1 is 1.20 bits per heavy atom. The summed E-state index contributed by atoms with van der Waals surface area (Å²) in [6.07, 6.45) is 3.80. The van der Waals surface area contributed by atoms with Crippen LogP contribution in [0.2, 0.25) is 0 Å². The van der Waals surface area contributed by atoms with Gasteiger partial charge in [-0.2, -0.15) is 0 Å². The standard InChI is InChI=1S/C19H28N2O4/c1-14(2)13-25-16-12-17(22)21-7-5-3-4-6-15(21)18(16)19(23)20-8-10-24-11-9-20/h12,14H,3-11,13H2,1-2H3. The van der Waals surface area contributed by atoms with E-state index in [4.69, 9.17) is 9.47 Å². The number of hydrogen-bond acceptors (Lipinski definition) is 4. The van der Waals surface area contributed by atoms with Crippen LogP contribution in [0.4, 0.5) is 0 Å². The summed E-state index contributed by atoms with van der Waals surface area (Å²) in [6, 6.07) is 1.50. The lowest BCUT2D eigenvalue weighted by Crippen LogP contribution is -2.42. The Morgan fingerprint density at radius 2 is 1.96 bits per heavy atom. The van der Waals surface area contributed by atoms with Crippen LogP contribution in [0, 0.1) is 5.92 Å². The molecule has 25 heavy (non-hydrogen) atoms. The number of morpholine rings is 1. The number of carbonyl (C=O) groups is 1. The molecule has 0 bridgehead atoms. The molecule has 0 radical (unpaired) electrons. The number of carbonyl (C=O) groups excluding carboxylic acids is 1. The summed E-state index contributed by atoms with van der Waals surface area (Å²) in [4.78, 5) is 27.6. The molecule has 1 aromatic heterocycles. The van der Waals surface area contributed by atoms with Crippen LogP contribution in [-0.2, 0) is 17.7 Å². The first kappa shape index (κ1) is 18.0. The van der Waals surface area contributed by atoms with Gasteiger partial charge in [0.15, 0.2) is 0 Å². The molecule has 1 aromatic rings. The molecular formula is C19H28N2O4. The fourth-order valence-electron chi connectivity index (χ4n) is 3.44. The van der Waals surface area contributed by atoms with Gasteiger partial charge in [-0.3, -0.25) is 9.59 Å². The van der Waals surface area contributed by atoms with E-state index in [0.29, 0.717) is 56.7 Å². The molecular weight excluding hydrogens is 320 g/mol. The van der Waals surface area contributed by atoms with Crippen molar-refractivity contribution in [1.29, 1.82) is 0 Å². The SMILES string of the molecule is CC(C)COc1cc(=O)n2c(c1C(=O)N1CCOCC1)CCCCC2. The molecule has 0 aliphatic carbocycles. The molecule has 3 rings (SSSR count). The second-order valence-corrected chi connectivity index (χ2v) is 7.24. The fourth-order valence-corrected chi connectivity index (χ4v) is 3.44. The normalized spacial score (nSPS) is 18.0. The van der Waals surface area contributed by atoms with Crippen molar-refractivity contribution in [2.24, 2.45) is 5.92 Å². The lowest BCUT2D eigenvalue weighted by atomic mass is 10.1. The Kier molecular flexibility index (Phi) is 5.78. The highest BCUT2D eigenvalue weighted by atomic mass is 16.5. The van der Waals surface area contributed by atoms with Gasteiger partial charge in [0.05, 0.1) is 19.8 Å². The Labute approximate surface area is 148 Å². The van der Waals surface area contributed by atoms with Gasteiger partial charge in [-0.15, -0.1) is 0 Å². The number of amides is 1. The zero-order valence-electron chi connectivity index (χ0n) is 15.3. The van der Waals surface area contributed by atoms with Crippen LogP contribution in [0.1, 0.15) is 49.2 Å². The van der Waals surface area contributed by atoms with Gasteiger partial charge in [-0.05, 0) is 25.2 Å². The molecule has 1 saturated heterocycles. The average molecular weight is 348 g/mol. The second kappa shape index (κ2) is 8.04. The number of ether oxygens (including phenoxy) is 2. The molecule has 3 heterocycles. The predicted molar refractivity (Wildman–Crippen MR) is 95.3 cm³/mol. The topological polar surface area (TPSA) is 60.8 Å². The van der Waals surface area contributed by atoms with Crippen molar-refractivity contribution in [3.05, 3.63) is 27.7 Å². The van der Waals surface area contributed by atoms with Gasteiger partial charge in [0.1, 0.15) is 11.3 Å². The first-order valence-electron chi connectivity index (χ1n) is 9.34. The summed E-state index contributed by atoms with van der Waals surface area (Å²) < 4.78 is 13.1. The minimum Gasteiger partial charge on any atom is -0.492 e. The number of aromatic nitrogens is 1. The molecule has 0 atom stereocenters. The number of pyridine rings is 1. The lowest BCUT2D eigenvalue weighted by Gasteiger charge is -2.29. The maximum Gasteiger partial charge on any atom is 0.259 e. The molecule has 2 aliphatic heterocycles. The van der Waals surface area contributed by atoms with Crippen LogP contribution >= 0.6 is 0 Å². The first-order valence-corrected chi connectivity index (χ1v) is 9.34. The summed E-state index contributed by atoms with van der Waals surface area (Å²) in [7, 11) is 0. The molecule has 0 N–H and O–H groups in total. The zero-order valence-corrected chi connectivity index (χ0v) is 15.3. The predicted octanol–water partition coefficient (Wildman–Crippen LogP) is 2.08. The molecule has 1 amide bonds. The van der Waals surface area contributed by atoms with E-state index < -0.39 is 0 Å². The Morgan fingerprint density at radius 3 is 2.68 bits per heavy atom. The van der Waals surface area contributed by atoms with Crippen molar-refractivity contribution in [2.75, 3.05) is 32.9 Å². The van der Waals surface area contributed by atoms with Crippen molar-refractivity contribution < 1.29 is 14.3 Å². The van der Waals surface area contributed by atoms with Crippen LogP contribution in [-0.4, -0.2) is 48.3 Å². The van der Waals surface area contributed by atoms with Crippen molar-refractivity contribution in [1.82, 2.24) is 9.47 Å². The maximum absolute atomic E-state index is 13.2. The third kappa shape index (κ3) is 4.06. The molecule has 1 fully saturated rings. The molecule has 0 saturated carbocycles. The van der Waals surface area contributed by atoms with Crippen molar-refractivity contribution in [3.63, 3.8) is 0 Å². The van der Waals surface area contributed by atoms with Crippen LogP contribution in [0.15, 0.2) is 10.9 Å². The zero-order chi connectivity index (χ0) is 17.8. The minimum atomic E-state index is -0.0609.